The van der Waals surface area contributed by atoms with E-state index in [1.165, 1.54) is 27.8 Å². The first kappa shape index (κ1) is 12.8. The number of hydrogen-bond acceptors (Lipinski definition) is 1. The third-order valence-corrected chi connectivity index (χ3v) is 3.92. The molecular weight excluding hydrogens is 198 g/mol. The fraction of sp³-hybridized carbons (Fsp3) is 0.500. The first-order valence-electron chi connectivity index (χ1n) is 5.65. The maximum Gasteiger partial charge on any atom is 0.224 e. The number of benzene rings is 1. The quantitative estimate of drug-likeness (QED) is 0.816. The second kappa shape index (κ2) is 4.28. The summed E-state index contributed by atoms with van der Waals surface area (Å²) in [5.74, 6) is -0.466. The zero-order valence-electron chi connectivity index (χ0n) is 11.1. The molecule has 0 spiro atoms. The first-order valence-corrected chi connectivity index (χ1v) is 5.65. The first-order chi connectivity index (χ1) is 7.29. The van der Waals surface area contributed by atoms with Crippen molar-refractivity contribution < 1.29 is 4.79 Å². The lowest BCUT2D eigenvalue weighted by molar-refractivity contribution is -0.119. The number of rotatable bonds is 2. The number of nitrogens with two attached hydrogens (primary N) is 1. The molecular formula is C14H21NO. The van der Waals surface area contributed by atoms with Gasteiger partial charge in [-0.1, -0.05) is 0 Å². The highest BCUT2D eigenvalue weighted by Crippen LogP contribution is 2.31. The Hall–Kier alpha value is -1.31. The third kappa shape index (κ3) is 1.84. The Balaban J connectivity index is 3.57. The Kier molecular flexibility index (Phi) is 3.41. The lowest BCUT2D eigenvalue weighted by Gasteiger charge is -2.21. The second-order valence-corrected chi connectivity index (χ2v) is 4.66. The van der Waals surface area contributed by atoms with Crippen LogP contribution in [-0.4, -0.2) is 5.91 Å². The van der Waals surface area contributed by atoms with Gasteiger partial charge in [-0.05, 0) is 74.9 Å². The lowest BCUT2D eigenvalue weighted by Crippen LogP contribution is -2.21. The third-order valence-electron chi connectivity index (χ3n) is 3.92. The minimum absolute atomic E-state index is 0.210. The van der Waals surface area contributed by atoms with Gasteiger partial charge in [-0.15, -0.1) is 0 Å². The van der Waals surface area contributed by atoms with E-state index in [4.69, 9.17) is 5.73 Å². The van der Waals surface area contributed by atoms with Crippen LogP contribution in [0.15, 0.2) is 0 Å². The molecule has 1 amide bonds. The van der Waals surface area contributed by atoms with Crippen molar-refractivity contribution in [2.45, 2.75) is 47.5 Å². The van der Waals surface area contributed by atoms with E-state index in [1.807, 2.05) is 6.92 Å². The van der Waals surface area contributed by atoms with Gasteiger partial charge in [-0.3, -0.25) is 4.79 Å². The molecule has 2 N–H and O–H groups in total. The van der Waals surface area contributed by atoms with Crippen molar-refractivity contribution in [1.82, 2.24) is 0 Å². The fourth-order valence-corrected chi connectivity index (χ4v) is 2.32. The molecule has 0 aliphatic heterocycles. The molecule has 0 aromatic heterocycles. The Morgan fingerprint density at radius 1 is 0.875 bits per heavy atom. The van der Waals surface area contributed by atoms with Crippen molar-refractivity contribution in [1.29, 1.82) is 0 Å². The van der Waals surface area contributed by atoms with Crippen LogP contribution in [0.1, 0.15) is 46.2 Å². The van der Waals surface area contributed by atoms with E-state index in [0.29, 0.717) is 0 Å². The number of amides is 1. The fourth-order valence-electron chi connectivity index (χ4n) is 2.32. The summed E-state index contributed by atoms with van der Waals surface area (Å²) in [6.07, 6.45) is 0. The van der Waals surface area contributed by atoms with Gasteiger partial charge in [-0.2, -0.15) is 0 Å². The molecule has 0 saturated heterocycles. The van der Waals surface area contributed by atoms with E-state index >= 15 is 0 Å². The topological polar surface area (TPSA) is 43.1 Å². The molecule has 0 saturated carbocycles. The number of carbonyl (C=O) groups excluding carboxylic acids is 1. The minimum Gasteiger partial charge on any atom is -0.369 e. The van der Waals surface area contributed by atoms with E-state index in [1.54, 1.807) is 0 Å². The zero-order valence-corrected chi connectivity index (χ0v) is 11.1. The van der Waals surface area contributed by atoms with Crippen molar-refractivity contribution >= 4 is 5.91 Å². The van der Waals surface area contributed by atoms with Gasteiger partial charge in [0.1, 0.15) is 0 Å². The number of primary amides is 1. The highest BCUT2D eigenvalue weighted by molar-refractivity contribution is 5.82. The SMILES string of the molecule is Cc1c(C)c(C)c(C(C)C(N)=O)c(C)c1C. The summed E-state index contributed by atoms with van der Waals surface area (Å²) < 4.78 is 0. The van der Waals surface area contributed by atoms with Crippen LogP contribution in [0.5, 0.6) is 0 Å². The molecule has 1 aromatic carbocycles. The van der Waals surface area contributed by atoms with Gasteiger partial charge in [0.15, 0.2) is 0 Å². The largest absolute Gasteiger partial charge is 0.369 e. The van der Waals surface area contributed by atoms with Crippen LogP contribution in [0.25, 0.3) is 0 Å². The van der Waals surface area contributed by atoms with Gasteiger partial charge >= 0.3 is 0 Å². The van der Waals surface area contributed by atoms with Crippen LogP contribution in [0.2, 0.25) is 0 Å². The summed E-state index contributed by atoms with van der Waals surface area (Å²) in [5, 5.41) is 0. The van der Waals surface area contributed by atoms with Crippen LogP contribution in [0.3, 0.4) is 0 Å². The van der Waals surface area contributed by atoms with E-state index in [2.05, 4.69) is 34.6 Å². The molecule has 2 heteroatoms. The van der Waals surface area contributed by atoms with E-state index in [9.17, 15) is 4.79 Å². The van der Waals surface area contributed by atoms with Gasteiger partial charge in [0, 0.05) is 0 Å². The average molecular weight is 219 g/mol. The molecule has 16 heavy (non-hydrogen) atoms. The summed E-state index contributed by atoms with van der Waals surface area (Å²) in [7, 11) is 0. The molecule has 1 rings (SSSR count). The highest BCUT2D eigenvalue weighted by Gasteiger charge is 2.20. The van der Waals surface area contributed by atoms with Crippen molar-refractivity contribution in [2.75, 3.05) is 0 Å². The standard InChI is InChI=1S/C14H21NO/c1-7-8(2)10(4)13(11(5)9(7)3)12(6)14(15)16/h12H,1-6H3,(H2,15,16). The van der Waals surface area contributed by atoms with Gasteiger partial charge in [0.2, 0.25) is 5.91 Å². The van der Waals surface area contributed by atoms with Gasteiger partial charge in [-0.25, -0.2) is 0 Å². The summed E-state index contributed by atoms with van der Waals surface area (Å²) in [4.78, 5) is 11.3. The minimum atomic E-state index is -0.256. The molecule has 0 radical (unpaired) electrons. The molecule has 0 aliphatic carbocycles. The predicted octanol–water partition coefficient (Wildman–Crippen LogP) is 2.82. The Morgan fingerprint density at radius 3 is 1.50 bits per heavy atom. The molecule has 0 fully saturated rings. The van der Waals surface area contributed by atoms with Crippen LogP contribution >= 0.6 is 0 Å². The van der Waals surface area contributed by atoms with Crippen molar-refractivity contribution in [3.63, 3.8) is 0 Å². The second-order valence-electron chi connectivity index (χ2n) is 4.66. The maximum absolute atomic E-state index is 11.3. The van der Waals surface area contributed by atoms with Crippen LogP contribution in [0.4, 0.5) is 0 Å². The molecule has 0 bridgehead atoms. The molecule has 88 valence electrons. The summed E-state index contributed by atoms with van der Waals surface area (Å²) in [6.45, 7) is 12.4. The molecule has 2 nitrogen and oxygen atoms in total. The summed E-state index contributed by atoms with van der Waals surface area (Å²) >= 11 is 0. The molecule has 0 aliphatic rings. The van der Waals surface area contributed by atoms with Gasteiger partial charge in [0.05, 0.1) is 5.92 Å². The molecule has 0 heterocycles. The monoisotopic (exact) mass is 219 g/mol. The number of carbonyl (C=O) groups is 1. The Labute approximate surface area is 97.9 Å². The van der Waals surface area contributed by atoms with Crippen LogP contribution in [-0.2, 0) is 4.79 Å². The smallest absolute Gasteiger partial charge is 0.224 e. The summed E-state index contributed by atoms with van der Waals surface area (Å²) in [6, 6.07) is 0. The molecule has 1 atom stereocenters. The van der Waals surface area contributed by atoms with E-state index in [-0.39, 0.29) is 11.8 Å². The normalized spacial score (nSPS) is 12.6. The average Bonchev–Trinajstić information content (AvgIpc) is 2.23. The summed E-state index contributed by atoms with van der Waals surface area (Å²) in [5.41, 5.74) is 12.8. The van der Waals surface area contributed by atoms with Crippen molar-refractivity contribution in [3.8, 4) is 0 Å². The van der Waals surface area contributed by atoms with Gasteiger partial charge < -0.3 is 5.73 Å². The van der Waals surface area contributed by atoms with Crippen molar-refractivity contribution in [3.05, 3.63) is 33.4 Å². The van der Waals surface area contributed by atoms with Crippen molar-refractivity contribution in [2.24, 2.45) is 5.73 Å². The zero-order chi connectivity index (χ0) is 12.6. The lowest BCUT2D eigenvalue weighted by atomic mass is 9.84. The van der Waals surface area contributed by atoms with E-state index in [0.717, 1.165) is 5.56 Å². The Bertz CT molecular complexity index is 418. The molecule has 1 unspecified atom stereocenters. The molecule has 1 aromatic rings. The Morgan fingerprint density at radius 2 is 1.19 bits per heavy atom. The van der Waals surface area contributed by atoms with Gasteiger partial charge in [0.25, 0.3) is 0 Å². The van der Waals surface area contributed by atoms with Crippen LogP contribution in [0, 0.1) is 34.6 Å². The number of hydrogen-bond donors (Lipinski definition) is 1. The van der Waals surface area contributed by atoms with E-state index < -0.39 is 0 Å². The van der Waals surface area contributed by atoms with Crippen LogP contribution < -0.4 is 5.73 Å². The highest BCUT2D eigenvalue weighted by atomic mass is 16.1. The predicted molar refractivity (Wildman–Crippen MR) is 67.7 cm³/mol. The maximum atomic E-state index is 11.3.